The van der Waals surface area contributed by atoms with Crippen LogP contribution in [0.3, 0.4) is 0 Å². The summed E-state index contributed by atoms with van der Waals surface area (Å²) in [5, 5.41) is 2.75. The number of nitrogens with one attached hydrogen (secondary N) is 1. The van der Waals surface area contributed by atoms with E-state index in [2.05, 4.69) is 17.4 Å². The lowest BCUT2D eigenvalue weighted by atomic mass is 9.95. The highest BCUT2D eigenvalue weighted by Gasteiger charge is 2.40. The van der Waals surface area contributed by atoms with Crippen LogP contribution in [0.15, 0.2) is 60.7 Å². The molecule has 0 radical (unpaired) electrons. The second-order valence-electron chi connectivity index (χ2n) is 7.48. The summed E-state index contributed by atoms with van der Waals surface area (Å²) in [5.41, 5.74) is 1.29. The summed E-state index contributed by atoms with van der Waals surface area (Å²) in [5.74, 6) is -0.330. The Morgan fingerprint density at radius 2 is 1.70 bits per heavy atom. The smallest absolute Gasteiger partial charge is 0.251 e. The fourth-order valence-corrected chi connectivity index (χ4v) is 3.59. The van der Waals surface area contributed by atoms with Gasteiger partial charge in [-0.1, -0.05) is 48.5 Å². The largest absolute Gasteiger partial charge is 0.377 e. The number of nitrogens with zero attached hydrogens (tertiary/aromatic N) is 1. The molecule has 1 unspecified atom stereocenters. The average Bonchev–Trinajstić information content (AvgIpc) is 2.67. The first-order chi connectivity index (χ1) is 13.0. The van der Waals surface area contributed by atoms with Crippen LogP contribution in [-0.2, 0) is 16.0 Å². The maximum Gasteiger partial charge on any atom is 0.251 e. The molecule has 0 bridgehead atoms. The molecule has 1 saturated heterocycles. The van der Waals surface area contributed by atoms with Crippen molar-refractivity contribution < 1.29 is 14.3 Å². The molecule has 2 aromatic carbocycles. The molecule has 1 fully saturated rings. The zero-order chi connectivity index (χ0) is 19.3. The minimum Gasteiger partial charge on any atom is -0.377 e. The molecule has 1 heterocycles. The Balaban J connectivity index is 1.69. The van der Waals surface area contributed by atoms with Crippen molar-refractivity contribution in [1.82, 2.24) is 10.2 Å². The number of morpholine rings is 1. The molecule has 1 N–H and O–H groups in total. The van der Waals surface area contributed by atoms with Gasteiger partial charge in [0.15, 0.2) is 0 Å². The molecule has 1 aliphatic rings. The molecule has 5 heteroatoms. The number of amides is 2. The first-order valence-corrected chi connectivity index (χ1v) is 9.24. The third kappa shape index (κ3) is 4.74. The van der Waals surface area contributed by atoms with E-state index in [1.165, 1.54) is 0 Å². The third-order valence-corrected chi connectivity index (χ3v) is 4.80. The van der Waals surface area contributed by atoms with E-state index >= 15 is 0 Å². The number of benzene rings is 2. The number of carbonyl (C=O) groups is 2. The summed E-state index contributed by atoms with van der Waals surface area (Å²) in [6, 6.07) is 19.0. The number of ether oxygens (including phenoxy) is 1. The van der Waals surface area contributed by atoms with Gasteiger partial charge in [0.1, 0.15) is 0 Å². The Hall–Kier alpha value is -2.66. The van der Waals surface area contributed by atoms with Crippen LogP contribution in [0.1, 0.15) is 29.8 Å². The number of carbonyl (C=O) groups excluding carboxylic acids is 2. The summed E-state index contributed by atoms with van der Waals surface area (Å²) >= 11 is 0. The molecule has 1 atom stereocenters. The van der Waals surface area contributed by atoms with E-state index in [0.717, 1.165) is 12.0 Å². The van der Waals surface area contributed by atoms with Gasteiger partial charge >= 0.3 is 0 Å². The second kappa shape index (κ2) is 8.35. The minimum absolute atomic E-state index is 0.0253. The average molecular weight is 366 g/mol. The predicted molar refractivity (Wildman–Crippen MR) is 104 cm³/mol. The Morgan fingerprint density at radius 3 is 2.37 bits per heavy atom. The summed E-state index contributed by atoms with van der Waals surface area (Å²) in [6.07, 6.45) is 0.725. The van der Waals surface area contributed by atoms with Gasteiger partial charge in [-0.3, -0.25) is 9.59 Å². The van der Waals surface area contributed by atoms with Crippen LogP contribution in [0.4, 0.5) is 0 Å². The maximum atomic E-state index is 13.0. The van der Waals surface area contributed by atoms with Crippen molar-refractivity contribution in [3.05, 3.63) is 71.8 Å². The quantitative estimate of drug-likeness (QED) is 0.885. The molecular formula is C22H26N2O3. The molecule has 0 aliphatic carbocycles. The highest BCUT2D eigenvalue weighted by molar-refractivity contribution is 5.96. The monoisotopic (exact) mass is 366 g/mol. The fourth-order valence-electron chi connectivity index (χ4n) is 3.59. The lowest BCUT2D eigenvalue weighted by Crippen LogP contribution is -2.62. The van der Waals surface area contributed by atoms with Crippen LogP contribution in [0.5, 0.6) is 0 Å². The van der Waals surface area contributed by atoms with Gasteiger partial charge in [-0.05, 0) is 38.0 Å². The van der Waals surface area contributed by atoms with E-state index in [9.17, 15) is 9.59 Å². The van der Waals surface area contributed by atoms with Crippen molar-refractivity contribution in [2.45, 2.75) is 31.8 Å². The topological polar surface area (TPSA) is 58.6 Å². The Kier molecular flexibility index (Phi) is 5.91. The van der Waals surface area contributed by atoms with Crippen molar-refractivity contribution in [2.24, 2.45) is 0 Å². The maximum absolute atomic E-state index is 13.0. The zero-order valence-electron chi connectivity index (χ0n) is 15.9. The normalized spacial score (nSPS) is 18.7. The molecule has 27 heavy (non-hydrogen) atoms. The van der Waals surface area contributed by atoms with Gasteiger partial charge < -0.3 is 15.0 Å². The number of hydrogen-bond donors (Lipinski definition) is 1. The standard InChI is InChI=1S/C22H26N2O3/c1-22(2)16-27-15-19(13-17-9-5-3-6-10-17)24(22)20(25)14-23-21(26)18-11-7-4-8-12-18/h3-12,19H,13-16H2,1-2H3,(H,23,26). The second-order valence-corrected chi connectivity index (χ2v) is 7.48. The Morgan fingerprint density at radius 1 is 1.07 bits per heavy atom. The van der Waals surface area contributed by atoms with Gasteiger partial charge in [0.25, 0.3) is 5.91 Å². The third-order valence-electron chi connectivity index (χ3n) is 4.80. The van der Waals surface area contributed by atoms with Gasteiger partial charge in [-0.2, -0.15) is 0 Å². The highest BCUT2D eigenvalue weighted by Crippen LogP contribution is 2.26. The summed E-state index contributed by atoms with van der Waals surface area (Å²) in [4.78, 5) is 27.1. The van der Waals surface area contributed by atoms with Gasteiger partial charge in [0.2, 0.25) is 5.91 Å². The van der Waals surface area contributed by atoms with E-state index < -0.39 is 5.54 Å². The first-order valence-electron chi connectivity index (χ1n) is 9.24. The minimum atomic E-state index is -0.424. The SMILES string of the molecule is CC1(C)COCC(Cc2ccccc2)N1C(=O)CNC(=O)c1ccccc1. The van der Waals surface area contributed by atoms with Crippen LogP contribution >= 0.6 is 0 Å². The molecule has 0 spiro atoms. The molecule has 1 aliphatic heterocycles. The van der Waals surface area contributed by atoms with E-state index in [1.54, 1.807) is 24.3 Å². The van der Waals surface area contributed by atoms with Crippen molar-refractivity contribution in [3.63, 3.8) is 0 Å². The number of hydrogen-bond acceptors (Lipinski definition) is 3. The van der Waals surface area contributed by atoms with E-state index in [1.807, 2.05) is 43.0 Å². The predicted octanol–water partition coefficient (Wildman–Crippen LogP) is 2.67. The number of rotatable bonds is 5. The van der Waals surface area contributed by atoms with Crippen molar-refractivity contribution in [3.8, 4) is 0 Å². The van der Waals surface area contributed by atoms with Crippen molar-refractivity contribution in [1.29, 1.82) is 0 Å². The molecule has 2 aromatic rings. The Labute approximate surface area is 160 Å². The molecule has 2 amide bonds. The van der Waals surface area contributed by atoms with Crippen LogP contribution in [0, 0.1) is 0 Å². The van der Waals surface area contributed by atoms with Gasteiger partial charge in [-0.25, -0.2) is 0 Å². The van der Waals surface area contributed by atoms with E-state index in [0.29, 0.717) is 18.8 Å². The van der Waals surface area contributed by atoms with E-state index in [-0.39, 0.29) is 24.4 Å². The van der Waals surface area contributed by atoms with Crippen LogP contribution in [0.2, 0.25) is 0 Å². The lowest BCUT2D eigenvalue weighted by molar-refractivity contribution is -0.153. The highest BCUT2D eigenvalue weighted by atomic mass is 16.5. The molecule has 5 nitrogen and oxygen atoms in total. The Bertz CT molecular complexity index is 775. The van der Waals surface area contributed by atoms with Gasteiger partial charge in [-0.15, -0.1) is 0 Å². The van der Waals surface area contributed by atoms with Crippen LogP contribution in [-0.4, -0.2) is 48.1 Å². The zero-order valence-corrected chi connectivity index (χ0v) is 15.9. The molecular weight excluding hydrogens is 340 g/mol. The van der Waals surface area contributed by atoms with Crippen molar-refractivity contribution in [2.75, 3.05) is 19.8 Å². The fraction of sp³-hybridized carbons (Fsp3) is 0.364. The summed E-state index contributed by atoms with van der Waals surface area (Å²) in [7, 11) is 0. The first kappa shape index (κ1) is 19.1. The van der Waals surface area contributed by atoms with E-state index in [4.69, 9.17) is 4.74 Å². The van der Waals surface area contributed by atoms with Crippen molar-refractivity contribution >= 4 is 11.8 Å². The molecule has 142 valence electrons. The lowest BCUT2D eigenvalue weighted by Gasteiger charge is -2.47. The molecule has 0 saturated carbocycles. The van der Waals surface area contributed by atoms with Crippen LogP contribution < -0.4 is 5.32 Å². The summed E-state index contributed by atoms with van der Waals surface area (Å²) in [6.45, 7) is 4.96. The van der Waals surface area contributed by atoms with Crippen LogP contribution in [0.25, 0.3) is 0 Å². The summed E-state index contributed by atoms with van der Waals surface area (Å²) < 4.78 is 5.76. The molecule has 0 aromatic heterocycles. The van der Waals surface area contributed by atoms with Gasteiger partial charge in [0.05, 0.1) is 31.3 Å². The van der Waals surface area contributed by atoms with Gasteiger partial charge in [0, 0.05) is 5.56 Å². The molecule has 3 rings (SSSR count).